The number of aromatic nitrogens is 2. The molecule has 1 aliphatic heterocycles. The summed E-state index contributed by atoms with van der Waals surface area (Å²) in [5.74, 6) is -1.66. The number of carbonyl (C=O) groups excluding carboxylic acids is 2. The number of H-pyrrole nitrogens is 1. The molecule has 4 atom stereocenters. The molecule has 4 rings (SSSR count). The maximum atomic E-state index is 13.4. The second-order valence-electron chi connectivity index (χ2n) is 11.7. The van der Waals surface area contributed by atoms with Crippen molar-refractivity contribution in [1.82, 2.24) is 14.2 Å². The lowest BCUT2D eigenvalue weighted by Crippen LogP contribution is -2.37. The Hall–Kier alpha value is -4.69. The maximum Gasteiger partial charge on any atom is 0.344 e. The van der Waals surface area contributed by atoms with Crippen LogP contribution < -0.4 is 16.0 Å². The molecule has 1 saturated heterocycles. The van der Waals surface area contributed by atoms with E-state index in [1.54, 1.807) is 31.2 Å². The Balaban J connectivity index is 1.59. The molecule has 0 bridgehead atoms. The van der Waals surface area contributed by atoms with Crippen molar-refractivity contribution in [3.63, 3.8) is 0 Å². The highest BCUT2D eigenvalue weighted by Crippen LogP contribution is 2.50. The van der Waals surface area contributed by atoms with Crippen LogP contribution in [0.15, 0.2) is 64.3 Å². The summed E-state index contributed by atoms with van der Waals surface area (Å²) in [6, 6.07) is 16.2. The molecule has 3 aromatic rings. The van der Waals surface area contributed by atoms with Crippen LogP contribution >= 0.6 is 8.53 Å². The molecule has 0 radical (unpaired) electrons. The van der Waals surface area contributed by atoms with E-state index in [1.165, 1.54) is 35.0 Å². The van der Waals surface area contributed by atoms with Gasteiger partial charge in [0.1, 0.15) is 30.8 Å². The highest BCUT2D eigenvalue weighted by molar-refractivity contribution is 7.44. The van der Waals surface area contributed by atoms with Crippen molar-refractivity contribution in [1.29, 1.82) is 10.5 Å². The van der Waals surface area contributed by atoms with Gasteiger partial charge in [-0.05, 0) is 58.9 Å². The van der Waals surface area contributed by atoms with Crippen LogP contribution in [0, 0.1) is 29.6 Å². The number of benzene rings is 2. The first kappa shape index (κ1) is 37.1. The number of ether oxygens (including phenoxy) is 3. The number of rotatable bonds is 14. The van der Waals surface area contributed by atoms with E-state index in [4.69, 9.17) is 28.5 Å². The second kappa shape index (κ2) is 17.1. The van der Waals surface area contributed by atoms with Gasteiger partial charge in [-0.1, -0.05) is 24.3 Å². The molecular formula is C34H38N5O9P. The SMILES string of the molecule is Cc1cn([C@H]2CC(OP(OCCC#N)N(C(C)C)C(C)C)[C@@H](COC(=O)c3ccccc3C(=O)Oc3ccccc3C#N)O2)c(=O)[nH]c1=O. The first-order valence-electron chi connectivity index (χ1n) is 15.6. The van der Waals surface area contributed by atoms with E-state index in [2.05, 4.69) is 11.1 Å². The molecule has 2 heterocycles. The highest BCUT2D eigenvalue weighted by atomic mass is 31.2. The number of hydrogen-bond donors (Lipinski definition) is 1. The minimum absolute atomic E-state index is 0.00319. The highest BCUT2D eigenvalue weighted by Gasteiger charge is 2.42. The normalized spacial score (nSPS) is 17.9. The number of nitriles is 2. The second-order valence-corrected chi connectivity index (χ2v) is 13.1. The molecule has 1 aromatic heterocycles. The van der Waals surface area contributed by atoms with Gasteiger partial charge in [-0.2, -0.15) is 10.5 Å². The molecule has 49 heavy (non-hydrogen) atoms. The van der Waals surface area contributed by atoms with Gasteiger partial charge in [-0.3, -0.25) is 14.3 Å². The Bertz CT molecular complexity index is 1840. The first-order chi connectivity index (χ1) is 23.4. The van der Waals surface area contributed by atoms with Crippen molar-refractivity contribution in [2.75, 3.05) is 13.2 Å². The summed E-state index contributed by atoms with van der Waals surface area (Å²) in [4.78, 5) is 53.7. The van der Waals surface area contributed by atoms with Gasteiger partial charge in [-0.25, -0.2) is 19.1 Å². The fraction of sp³-hybridized carbons (Fsp3) is 0.412. The summed E-state index contributed by atoms with van der Waals surface area (Å²) in [7, 11) is -1.74. The zero-order valence-electron chi connectivity index (χ0n) is 27.8. The quantitative estimate of drug-likeness (QED) is 0.106. The number of aryl methyl sites for hydroxylation is 1. The third-order valence-corrected chi connectivity index (χ3v) is 9.64. The number of nitrogens with zero attached hydrogens (tertiary/aromatic N) is 4. The van der Waals surface area contributed by atoms with Crippen LogP contribution in [0.3, 0.4) is 0 Å². The van der Waals surface area contributed by atoms with E-state index < -0.39 is 50.1 Å². The summed E-state index contributed by atoms with van der Waals surface area (Å²) in [6.07, 6.45) is -0.869. The van der Waals surface area contributed by atoms with Gasteiger partial charge < -0.3 is 23.3 Å². The Labute approximate surface area is 284 Å². The minimum Gasteiger partial charge on any atom is -0.459 e. The zero-order chi connectivity index (χ0) is 35.7. The Kier molecular flexibility index (Phi) is 13.0. The Morgan fingerprint density at radius 1 is 1.04 bits per heavy atom. The predicted octanol–water partition coefficient (Wildman–Crippen LogP) is 4.74. The molecule has 0 saturated carbocycles. The minimum atomic E-state index is -1.74. The molecular weight excluding hydrogens is 653 g/mol. The smallest absolute Gasteiger partial charge is 0.344 e. The summed E-state index contributed by atoms with van der Waals surface area (Å²) >= 11 is 0. The molecule has 1 fully saturated rings. The van der Waals surface area contributed by atoms with Crippen LogP contribution in [0.4, 0.5) is 0 Å². The summed E-state index contributed by atoms with van der Waals surface area (Å²) in [6.45, 7) is 9.31. The largest absolute Gasteiger partial charge is 0.459 e. The lowest BCUT2D eigenvalue weighted by molar-refractivity contribution is -0.0513. The first-order valence-corrected chi connectivity index (χ1v) is 16.8. The van der Waals surface area contributed by atoms with Crippen molar-refractivity contribution >= 4 is 20.5 Å². The molecule has 14 nitrogen and oxygen atoms in total. The van der Waals surface area contributed by atoms with E-state index in [9.17, 15) is 24.4 Å². The van der Waals surface area contributed by atoms with Crippen LogP contribution in [0.2, 0.25) is 0 Å². The van der Waals surface area contributed by atoms with Gasteiger partial charge in [0, 0.05) is 30.3 Å². The van der Waals surface area contributed by atoms with Crippen LogP contribution in [-0.4, -0.2) is 63.7 Å². The lowest BCUT2D eigenvalue weighted by Gasteiger charge is -2.37. The summed E-state index contributed by atoms with van der Waals surface area (Å²) < 4.78 is 33.3. The number of hydrogen-bond acceptors (Lipinski definition) is 12. The number of esters is 2. The molecule has 2 unspecified atom stereocenters. The standard InChI is InChI=1S/C34H38N5O9P/c1-21(2)39(22(3)4)49(45-16-10-15-35)48-28-17-30(38-19-23(5)31(40)37-34(38)43)46-29(28)20-44-32(41)25-12-7-8-13-26(25)33(42)47-27-14-9-6-11-24(27)18-36/h6-9,11-14,19,21-22,28-30H,10,16-17,20H2,1-5H3,(H,37,40,43)/t28?,29-,30-,49?/m1/s1. The third-order valence-electron chi connectivity index (χ3n) is 7.48. The van der Waals surface area contributed by atoms with Crippen LogP contribution in [0.1, 0.15) is 78.6 Å². The Morgan fingerprint density at radius 2 is 1.69 bits per heavy atom. The van der Waals surface area contributed by atoms with Crippen molar-refractivity contribution in [2.24, 2.45) is 0 Å². The van der Waals surface area contributed by atoms with Crippen molar-refractivity contribution in [2.45, 2.75) is 78.0 Å². The number of carbonyl (C=O) groups is 2. The predicted molar refractivity (Wildman–Crippen MR) is 178 cm³/mol. The number of aromatic amines is 1. The van der Waals surface area contributed by atoms with Gasteiger partial charge in [0.2, 0.25) is 0 Å². The average Bonchev–Trinajstić information content (AvgIpc) is 3.47. The van der Waals surface area contributed by atoms with Gasteiger partial charge in [-0.15, -0.1) is 0 Å². The Morgan fingerprint density at radius 3 is 2.35 bits per heavy atom. The van der Waals surface area contributed by atoms with Crippen molar-refractivity contribution in [3.05, 3.63) is 97.8 Å². The van der Waals surface area contributed by atoms with Crippen molar-refractivity contribution in [3.8, 4) is 17.9 Å². The fourth-order valence-corrected chi connectivity index (χ4v) is 6.98. The summed E-state index contributed by atoms with van der Waals surface area (Å²) in [5, 5.41) is 18.5. The van der Waals surface area contributed by atoms with Crippen LogP contribution in [-0.2, 0) is 18.5 Å². The average molecular weight is 692 g/mol. The van der Waals surface area contributed by atoms with E-state index in [1.807, 2.05) is 38.4 Å². The van der Waals surface area contributed by atoms with Crippen LogP contribution in [0.5, 0.6) is 5.75 Å². The summed E-state index contributed by atoms with van der Waals surface area (Å²) in [5.41, 5.74) is -0.909. The molecule has 1 N–H and O–H groups in total. The fourth-order valence-electron chi connectivity index (χ4n) is 5.22. The van der Waals surface area contributed by atoms with E-state index in [0.29, 0.717) is 5.56 Å². The maximum absolute atomic E-state index is 13.4. The molecule has 0 aliphatic carbocycles. The third kappa shape index (κ3) is 9.27. The van der Waals surface area contributed by atoms with Crippen LogP contribution in [0.25, 0.3) is 0 Å². The van der Waals surface area contributed by atoms with Crippen molar-refractivity contribution < 1.29 is 32.8 Å². The van der Waals surface area contributed by atoms with Gasteiger partial charge in [0.15, 0.2) is 0 Å². The zero-order valence-corrected chi connectivity index (χ0v) is 28.7. The monoisotopic (exact) mass is 691 g/mol. The lowest BCUT2D eigenvalue weighted by atomic mass is 10.1. The van der Waals surface area contributed by atoms with Gasteiger partial charge in [0.25, 0.3) is 14.1 Å². The molecule has 258 valence electrons. The van der Waals surface area contributed by atoms with E-state index in [-0.39, 0.29) is 60.6 Å². The van der Waals surface area contributed by atoms with Gasteiger partial charge >= 0.3 is 17.6 Å². The number of para-hydroxylation sites is 1. The molecule has 0 spiro atoms. The van der Waals surface area contributed by atoms with E-state index >= 15 is 0 Å². The van der Waals surface area contributed by atoms with E-state index in [0.717, 1.165) is 0 Å². The molecule has 2 aromatic carbocycles. The molecule has 1 aliphatic rings. The van der Waals surface area contributed by atoms with Gasteiger partial charge in [0.05, 0.1) is 41.9 Å². The number of nitrogens with one attached hydrogen (secondary N) is 1. The molecule has 15 heteroatoms. The topological polar surface area (TPSA) is 186 Å². The molecule has 0 amide bonds.